The van der Waals surface area contributed by atoms with Crippen LogP contribution in [0.2, 0.25) is 0 Å². The smallest absolute Gasteiger partial charge is 0.115 e. The SMILES string of the molecule is C=CCCC(C)Nc1ccc2n[nH]nc2c1. The average Bonchev–Trinajstić information content (AvgIpc) is 2.73. The lowest BCUT2D eigenvalue weighted by molar-refractivity contribution is 0.719. The quantitative estimate of drug-likeness (QED) is 0.755. The number of nitrogens with zero attached hydrogens (tertiary/aromatic N) is 2. The van der Waals surface area contributed by atoms with Gasteiger partial charge in [0.25, 0.3) is 0 Å². The van der Waals surface area contributed by atoms with Crippen LogP contribution in [-0.4, -0.2) is 21.5 Å². The van der Waals surface area contributed by atoms with Crippen LogP contribution in [0.3, 0.4) is 0 Å². The highest BCUT2D eigenvalue weighted by Crippen LogP contribution is 2.16. The van der Waals surface area contributed by atoms with Gasteiger partial charge in [0.15, 0.2) is 0 Å². The third-order valence-corrected chi connectivity index (χ3v) is 2.53. The van der Waals surface area contributed by atoms with Gasteiger partial charge in [0, 0.05) is 11.7 Å². The summed E-state index contributed by atoms with van der Waals surface area (Å²) in [7, 11) is 0. The van der Waals surface area contributed by atoms with E-state index in [2.05, 4.69) is 34.2 Å². The summed E-state index contributed by atoms with van der Waals surface area (Å²) in [5.41, 5.74) is 2.86. The second-order valence-corrected chi connectivity index (χ2v) is 3.94. The van der Waals surface area contributed by atoms with Crippen molar-refractivity contribution in [3.63, 3.8) is 0 Å². The molecule has 1 heterocycles. The minimum atomic E-state index is 0.433. The van der Waals surface area contributed by atoms with Gasteiger partial charge in [-0.15, -0.1) is 6.58 Å². The number of fused-ring (bicyclic) bond motifs is 1. The highest BCUT2D eigenvalue weighted by molar-refractivity contribution is 5.77. The highest BCUT2D eigenvalue weighted by atomic mass is 15.3. The molecule has 0 saturated heterocycles. The third-order valence-electron chi connectivity index (χ3n) is 2.53. The number of anilines is 1. The first-order chi connectivity index (χ1) is 7.79. The molecule has 2 rings (SSSR count). The third kappa shape index (κ3) is 2.39. The van der Waals surface area contributed by atoms with Crippen LogP contribution in [0.4, 0.5) is 5.69 Å². The molecule has 0 radical (unpaired) electrons. The maximum Gasteiger partial charge on any atom is 0.115 e. The molecule has 1 atom stereocenters. The molecule has 84 valence electrons. The Morgan fingerprint density at radius 1 is 1.44 bits per heavy atom. The van der Waals surface area contributed by atoms with E-state index in [4.69, 9.17) is 0 Å². The summed E-state index contributed by atoms with van der Waals surface area (Å²) in [6.45, 7) is 5.89. The molecule has 0 aliphatic carbocycles. The van der Waals surface area contributed by atoms with Crippen molar-refractivity contribution in [2.75, 3.05) is 5.32 Å². The maximum absolute atomic E-state index is 4.06. The Balaban J connectivity index is 2.05. The number of hydrogen-bond donors (Lipinski definition) is 2. The fourth-order valence-corrected chi connectivity index (χ4v) is 1.65. The predicted molar refractivity (Wildman–Crippen MR) is 66.4 cm³/mol. The molecule has 0 spiro atoms. The Morgan fingerprint density at radius 2 is 2.25 bits per heavy atom. The molecule has 0 aliphatic rings. The van der Waals surface area contributed by atoms with E-state index in [1.54, 1.807) is 0 Å². The largest absolute Gasteiger partial charge is 0.383 e. The Morgan fingerprint density at radius 3 is 3.06 bits per heavy atom. The molecule has 0 bridgehead atoms. The van der Waals surface area contributed by atoms with Crippen molar-refractivity contribution < 1.29 is 0 Å². The van der Waals surface area contributed by atoms with E-state index in [9.17, 15) is 0 Å². The van der Waals surface area contributed by atoms with E-state index >= 15 is 0 Å². The van der Waals surface area contributed by atoms with Gasteiger partial charge in [-0.3, -0.25) is 0 Å². The van der Waals surface area contributed by atoms with E-state index in [1.165, 1.54) is 0 Å². The summed E-state index contributed by atoms with van der Waals surface area (Å²) in [5, 5.41) is 14.1. The van der Waals surface area contributed by atoms with Gasteiger partial charge in [0.2, 0.25) is 0 Å². The summed E-state index contributed by atoms with van der Waals surface area (Å²) >= 11 is 0. The Bertz CT molecular complexity index is 475. The average molecular weight is 216 g/mol. The molecule has 2 aromatic rings. The minimum Gasteiger partial charge on any atom is -0.383 e. The lowest BCUT2D eigenvalue weighted by Gasteiger charge is -2.13. The maximum atomic E-state index is 4.06. The van der Waals surface area contributed by atoms with E-state index < -0.39 is 0 Å². The summed E-state index contributed by atoms with van der Waals surface area (Å²) < 4.78 is 0. The zero-order valence-electron chi connectivity index (χ0n) is 9.40. The number of benzene rings is 1. The standard InChI is InChI=1S/C12H16N4/c1-3-4-5-9(2)13-10-6-7-11-12(8-10)15-16-14-11/h3,6-9,13H,1,4-5H2,2H3,(H,14,15,16). The van der Waals surface area contributed by atoms with E-state index in [-0.39, 0.29) is 0 Å². The zero-order valence-corrected chi connectivity index (χ0v) is 9.40. The first-order valence-electron chi connectivity index (χ1n) is 5.47. The summed E-state index contributed by atoms with van der Waals surface area (Å²) in [6.07, 6.45) is 4.06. The van der Waals surface area contributed by atoms with Crippen LogP contribution in [0.5, 0.6) is 0 Å². The van der Waals surface area contributed by atoms with Crippen LogP contribution in [0.25, 0.3) is 11.0 Å². The number of aromatic amines is 1. The monoisotopic (exact) mass is 216 g/mol. The molecule has 0 fully saturated rings. The zero-order chi connectivity index (χ0) is 11.4. The van der Waals surface area contributed by atoms with Crippen LogP contribution in [0.15, 0.2) is 30.9 Å². The van der Waals surface area contributed by atoms with Gasteiger partial charge in [-0.1, -0.05) is 6.08 Å². The van der Waals surface area contributed by atoms with Crippen molar-refractivity contribution in [3.05, 3.63) is 30.9 Å². The summed E-state index contributed by atoms with van der Waals surface area (Å²) in [4.78, 5) is 0. The molecule has 1 unspecified atom stereocenters. The Labute approximate surface area is 94.7 Å². The Hall–Kier alpha value is -1.84. The number of allylic oxidation sites excluding steroid dienone is 1. The molecule has 0 amide bonds. The van der Waals surface area contributed by atoms with Gasteiger partial charge < -0.3 is 5.32 Å². The van der Waals surface area contributed by atoms with E-state index in [0.29, 0.717) is 6.04 Å². The molecule has 1 aromatic heterocycles. The molecule has 16 heavy (non-hydrogen) atoms. The van der Waals surface area contributed by atoms with E-state index in [1.807, 2.05) is 24.3 Å². The van der Waals surface area contributed by atoms with Crippen LogP contribution in [-0.2, 0) is 0 Å². The van der Waals surface area contributed by atoms with Gasteiger partial charge >= 0.3 is 0 Å². The van der Waals surface area contributed by atoms with Gasteiger partial charge in [0.05, 0.1) is 0 Å². The van der Waals surface area contributed by atoms with Crippen molar-refractivity contribution in [2.24, 2.45) is 0 Å². The van der Waals surface area contributed by atoms with Gasteiger partial charge in [0.1, 0.15) is 11.0 Å². The number of nitrogens with one attached hydrogen (secondary N) is 2. The summed E-state index contributed by atoms with van der Waals surface area (Å²) in [6, 6.07) is 6.42. The van der Waals surface area contributed by atoms with Crippen molar-refractivity contribution in [3.8, 4) is 0 Å². The number of aromatic nitrogens is 3. The first-order valence-corrected chi connectivity index (χ1v) is 5.47. The molecule has 1 aromatic carbocycles. The molecule has 0 saturated carbocycles. The van der Waals surface area contributed by atoms with Crippen LogP contribution >= 0.6 is 0 Å². The molecular weight excluding hydrogens is 200 g/mol. The van der Waals surface area contributed by atoms with Crippen LogP contribution in [0.1, 0.15) is 19.8 Å². The highest BCUT2D eigenvalue weighted by Gasteiger charge is 2.03. The first kappa shape index (κ1) is 10.7. The predicted octanol–water partition coefficient (Wildman–Crippen LogP) is 2.72. The lowest BCUT2D eigenvalue weighted by Crippen LogP contribution is -2.14. The summed E-state index contributed by atoms with van der Waals surface area (Å²) in [5.74, 6) is 0. The van der Waals surface area contributed by atoms with E-state index in [0.717, 1.165) is 29.6 Å². The Kier molecular flexibility index (Phi) is 3.19. The normalized spacial score (nSPS) is 12.6. The fraction of sp³-hybridized carbons (Fsp3) is 0.333. The molecule has 4 nitrogen and oxygen atoms in total. The molecular formula is C12H16N4. The molecule has 2 N–H and O–H groups in total. The second kappa shape index (κ2) is 4.79. The lowest BCUT2D eigenvalue weighted by atomic mass is 10.1. The van der Waals surface area contributed by atoms with Crippen molar-refractivity contribution >= 4 is 16.7 Å². The van der Waals surface area contributed by atoms with Gasteiger partial charge in [-0.05, 0) is 38.0 Å². The number of hydrogen-bond acceptors (Lipinski definition) is 3. The van der Waals surface area contributed by atoms with Crippen molar-refractivity contribution in [1.82, 2.24) is 15.4 Å². The van der Waals surface area contributed by atoms with Crippen LogP contribution < -0.4 is 5.32 Å². The van der Waals surface area contributed by atoms with Gasteiger partial charge in [-0.2, -0.15) is 15.4 Å². The van der Waals surface area contributed by atoms with Crippen molar-refractivity contribution in [1.29, 1.82) is 0 Å². The number of rotatable bonds is 5. The van der Waals surface area contributed by atoms with Gasteiger partial charge in [-0.25, -0.2) is 0 Å². The molecule has 4 heteroatoms. The fourth-order valence-electron chi connectivity index (χ4n) is 1.65. The topological polar surface area (TPSA) is 53.6 Å². The minimum absolute atomic E-state index is 0.433. The number of H-pyrrole nitrogens is 1. The van der Waals surface area contributed by atoms with Crippen molar-refractivity contribution in [2.45, 2.75) is 25.8 Å². The van der Waals surface area contributed by atoms with Crippen LogP contribution in [0, 0.1) is 0 Å². The molecule has 0 aliphatic heterocycles. The second-order valence-electron chi connectivity index (χ2n) is 3.94.